The Hall–Kier alpha value is -1.49. The molecule has 0 aliphatic heterocycles. The minimum atomic E-state index is -0.115. The predicted molar refractivity (Wildman–Crippen MR) is 79.4 cm³/mol. The number of nitrogens with zero attached hydrogens (tertiary/aromatic N) is 2. The van der Waals surface area contributed by atoms with Crippen molar-refractivity contribution in [1.29, 1.82) is 0 Å². The van der Waals surface area contributed by atoms with Crippen LogP contribution in [0.15, 0.2) is 30.6 Å². The van der Waals surface area contributed by atoms with Crippen molar-refractivity contribution in [3.63, 3.8) is 0 Å². The molecule has 5 heteroatoms. The topological polar surface area (TPSA) is 54.9 Å². The molecule has 2 rings (SSSR count). The maximum absolute atomic E-state index is 12.2. The Morgan fingerprint density at radius 1 is 1.32 bits per heavy atom. The van der Waals surface area contributed by atoms with Gasteiger partial charge in [-0.25, -0.2) is 0 Å². The van der Waals surface area contributed by atoms with Gasteiger partial charge in [0.1, 0.15) is 5.52 Å². The summed E-state index contributed by atoms with van der Waals surface area (Å²) in [7, 11) is 0. The largest absolute Gasteiger partial charge is 0.351 e. The van der Waals surface area contributed by atoms with E-state index >= 15 is 0 Å². The highest BCUT2D eigenvalue weighted by Gasteiger charge is 2.14. The van der Waals surface area contributed by atoms with Crippen molar-refractivity contribution in [1.82, 2.24) is 15.3 Å². The summed E-state index contributed by atoms with van der Waals surface area (Å²) in [6, 6.07) is 5.44. The van der Waals surface area contributed by atoms with Crippen molar-refractivity contribution in [3.8, 4) is 0 Å². The van der Waals surface area contributed by atoms with Gasteiger partial charge >= 0.3 is 0 Å². The first-order chi connectivity index (χ1) is 9.09. The van der Waals surface area contributed by atoms with Gasteiger partial charge in [-0.15, -0.1) is 0 Å². The van der Waals surface area contributed by atoms with E-state index in [0.29, 0.717) is 23.5 Å². The van der Waals surface area contributed by atoms with E-state index in [1.807, 2.05) is 12.1 Å². The first-order valence-corrected chi connectivity index (χ1v) is 7.13. The van der Waals surface area contributed by atoms with Crippen molar-refractivity contribution in [3.05, 3.63) is 36.2 Å². The zero-order valence-corrected chi connectivity index (χ0v) is 12.5. The van der Waals surface area contributed by atoms with Gasteiger partial charge in [0, 0.05) is 23.8 Å². The van der Waals surface area contributed by atoms with Gasteiger partial charge in [0.15, 0.2) is 0 Å². The van der Waals surface area contributed by atoms with E-state index in [1.165, 1.54) is 0 Å². The summed E-state index contributed by atoms with van der Waals surface area (Å²) in [6.45, 7) is 4.80. The number of rotatable bonds is 4. The molecule has 2 aromatic rings. The highest BCUT2D eigenvalue weighted by Crippen LogP contribution is 2.14. The third-order valence-corrected chi connectivity index (χ3v) is 4.31. The fourth-order valence-electron chi connectivity index (χ4n) is 1.70. The number of halogens is 1. The van der Waals surface area contributed by atoms with Crippen LogP contribution < -0.4 is 5.32 Å². The number of amides is 1. The average molecular weight is 322 g/mol. The van der Waals surface area contributed by atoms with Gasteiger partial charge in [-0.1, -0.05) is 35.8 Å². The second-order valence-electron chi connectivity index (χ2n) is 4.70. The first kappa shape index (κ1) is 13.9. The van der Waals surface area contributed by atoms with Gasteiger partial charge in [-0.2, -0.15) is 0 Å². The molecular weight excluding hydrogens is 306 g/mol. The Morgan fingerprint density at radius 2 is 2.05 bits per heavy atom. The Labute approximate surface area is 120 Å². The normalized spacial score (nSPS) is 12.6. The maximum Gasteiger partial charge on any atom is 0.253 e. The van der Waals surface area contributed by atoms with Crippen molar-refractivity contribution >= 4 is 32.9 Å². The monoisotopic (exact) mass is 321 g/mol. The van der Waals surface area contributed by atoms with Gasteiger partial charge in [0.2, 0.25) is 0 Å². The number of fused-ring (bicyclic) bond motifs is 1. The number of nitrogens with one attached hydrogen (secondary N) is 1. The Balaban J connectivity index is 2.18. The average Bonchev–Trinajstić information content (AvgIpc) is 2.43. The van der Waals surface area contributed by atoms with Crippen molar-refractivity contribution in [2.45, 2.75) is 18.7 Å². The molecule has 1 unspecified atom stereocenters. The Morgan fingerprint density at radius 3 is 2.79 bits per heavy atom. The molecular formula is C14H16BrN3O. The maximum atomic E-state index is 12.2. The number of hydrogen-bond acceptors (Lipinski definition) is 3. The molecule has 0 aliphatic carbocycles. The van der Waals surface area contributed by atoms with Crippen LogP contribution in [0, 0.1) is 5.92 Å². The third kappa shape index (κ3) is 3.29. The van der Waals surface area contributed by atoms with Gasteiger partial charge in [-0.3, -0.25) is 14.8 Å². The van der Waals surface area contributed by atoms with Crippen LogP contribution in [0.5, 0.6) is 0 Å². The molecule has 0 spiro atoms. The van der Waals surface area contributed by atoms with Crippen LogP contribution in [-0.2, 0) is 0 Å². The van der Waals surface area contributed by atoms with E-state index in [0.717, 1.165) is 5.52 Å². The minimum Gasteiger partial charge on any atom is -0.351 e. The number of hydrogen-bond donors (Lipinski definition) is 1. The van der Waals surface area contributed by atoms with Crippen LogP contribution in [0.3, 0.4) is 0 Å². The van der Waals surface area contributed by atoms with E-state index in [1.54, 1.807) is 18.5 Å². The first-order valence-electron chi connectivity index (χ1n) is 6.21. The SMILES string of the molecule is CC(C)C(Br)CNC(=O)c1cccc2nccnc12. The Kier molecular flexibility index (Phi) is 4.47. The van der Waals surface area contributed by atoms with E-state index in [9.17, 15) is 4.79 Å². The molecule has 1 atom stereocenters. The van der Waals surface area contributed by atoms with Crippen LogP contribution in [0.1, 0.15) is 24.2 Å². The summed E-state index contributed by atoms with van der Waals surface area (Å²) in [6.07, 6.45) is 3.22. The lowest BCUT2D eigenvalue weighted by Crippen LogP contribution is -2.31. The van der Waals surface area contributed by atoms with Crippen LogP contribution in [-0.4, -0.2) is 27.2 Å². The third-order valence-electron chi connectivity index (χ3n) is 2.92. The summed E-state index contributed by atoms with van der Waals surface area (Å²) >= 11 is 3.55. The van der Waals surface area contributed by atoms with Gasteiger partial charge in [0.05, 0.1) is 11.1 Å². The molecule has 0 aliphatic rings. The number of carbonyl (C=O) groups excluding carboxylic acids is 1. The fraction of sp³-hybridized carbons (Fsp3) is 0.357. The van der Waals surface area contributed by atoms with Crippen molar-refractivity contribution in [2.24, 2.45) is 5.92 Å². The molecule has 0 fully saturated rings. The minimum absolute atomic E-state index is 0.115. The molecule has 0 saturated heterocycles. The molecule has 0 bridgehead atoms. The van der Waals surface area contributed by atoms with Crippen molar-refractivity contribution < 1.29 is 4.79 Å². The number of aromatic nitrogens is 2. The standard InChI is InChI=1S/C14H16BrN3O/c1-9(2)11(15)8-18-14(19)10-4-3-5-12-13(10)17-7-6-16-12/h3-7,9,11H,8H2,1-2H3,(H,18,19). The molecule has 100 valence electrons. The van der Waals surface area contributed by atoms with Crippen LogP contribution in [0.25, 0.3) is 11.0 Å². The van der Waals surface area contributed by atoms with Gasteiger partial charge in [0.25, 0.3) is 5.91 Å². The van der Waals surface area contributed by atoms with E-state index in [2.05, 4.69) is 45.1 Å². The summed E-state index contributed by atoms with van der Waals surface area (Å²) in [5.74, 6) is 0.351. The van der Waals surface area contributed by atoms with Gasteiger partial charge in [-0.05, 0) is 18.1 Å². The molecule has 1 aromatic carbocycles. The molecule has 0 saturated carbocycles. The molecule has 4 nitrogen and oxygen atoms in total. The zero-order chi connectivity index (χ0) is 13.8. The van der Waals surface area contributed by atoms with Crippen LogP contribution in [0.2, 0.25) is 0 Å². The molecule has 1 aromatic heterocycles. The number of carbonyl (C=O) groups is 1. The van der Waals surface area contributed by atoms with E-state index < -0.39 is 0 Å². The number of benzene rings is 1. The fourth-order valence-corrected chi connectivity index (χ4v) is 1.86. The molecule has 1 amide bonds. The second-order valence-corrected chi connectivity index (χ2v) is 5.88. The van der Waals surface area contributed by atoms with Crippen LogP contribution in [0.4, 0.5) is 0 Å². The molecule has 1 heterocycles. The zero-order valence-electron chi connectivity index (χ0n) is 10.9. The molecule has 19 heavy (non-hydrogen) atoms. The number of para-hydroxylation sites is 1. The second kappa shape index (κ2) is 6.10. The summed E-state index contributed by atoms with van der Waals surface area (Å²) in [5, 5.41) is 2.92. The lowest BCUT2D eigenvalue weighted by molar-refractivity contribution is 0.0954. The summed E-state index contributed by atoms with van der Waals surface area (Å²) in [4.78, 5) is 20.9. The van der Waals surface area contributed by atoms with Crippen molar-refractivity contribution in [2.75, 3.05) is 6.54 Å². The summed E-state index contributed by atoms with van der Waals surface area (Å²) < 4.78 is 0. The molecule has 0 radical (unpaired) electrons. The lowest BCUT2D eigenvalue weighted by Gasteiger charge is -2.14. The molecule has 1 N–H and O–H groups in total. The van der Waals surface area contributed by atoms with Crippen LogP contribution >= 0.6 is 15.9 Å². The van der Waals surface area contributed by atoms with E-state index in [-0.39, 0.29) is 10.7 Å². The number of alkyl halides is 1. The predicted octanol–water partition coefficient (Wildman–Crippen LogP) is 2.78. The lowest BCUT2D eigenvalue weighted by atomic mass is 10.1. The summed E-state index contributed by atoms with van der Waals surface area (Å²) in [5.41, 5.74) is 1.93. The van der Waals surface area contributed by atoms with E-state index in [4.69, 9.17) is 0 Å². The van der Waals surface area contributed by atoms with Gasteiger partial charge < -0.3 is 5.32 Å². The quantitative estimate of drug-likeness (QED) is 0.881. The smallest absolute Gasteiger partial charge is 0.253 e. The highest BCUT2D eigenvalue weighted by atomic mass is 79.9. The highest BCUT2D eigenvalue weighted by molar-refractivity contribution is 9.09. The Bertz CT molecular complexity index is 580.